The van der Waals surface area contributed by atoms with Gasteiger partial charge in [0.1, 0.15) is 0 Å². The van der Waals surface area contributed by atoms with E-state index in [1.54, 1.807) is 0 Å². The molecule has 1 aliphatic rings. The summed E-state index contributed by atoms with van der Waals surface area (Å²) in [5.41, 5.74) is 7.58. The summed E-state index contributed by atoms with van der Waals surface area (Å²) < 4.78 is 0. The van der Waals surface area contributed by atoms with Crippen LogP contribution in [0.25, 0.3) is 0 Å². The van der Waals surface area contributed by atoms with Gasteiger partial charge in [0.25, 0.3) is 0 Å². The minimum absolute atomic E-state index is 0.368. The molecule has 18 heavy (non-hydrogen) atoms. The molecule has 0 spiro atoms. The van der Waals surface area contributed by atoms with Gasteiger partial charge in [-0.15, -0.1) is 0 Å². The Morgan fingerprint density at radius 2 is 1.78 bits per heavy atom. The molecule has 1 fully saturated rings. The lowest BCUT2D eigenvalue weighted by molar-refractivity contribution is 0.0250. The van der Waals surface area contributed by atoms with Crippen LogP contribution in [-0.4, -0.2) is 30.3 Å². The summed E-state index contributed by atoms with van der Waals surface area (Å²) in [7, 11) is 0. The Morgan fingerprint density at radius 3 is 2.22 bits per heavy atom. The SMILES string of the molecule is CC(C)c1ccc(N2CCC(O)(CN)CC2)cc1. The Labute approximate surface area is 110 Å². The zero-order valence-electron chi connectivity index (χ0n) is 11.4. The second-order valence-electron chi connectivity index (χ2n) is 5.66. The van der Waals surface area contributed by atoms with E-state index in [9.17, 15) is 5.11 Å². The lowest BCUT2D eigenvalue weighted by Crippen LogP contribution is -2.48. The van der Waals surface area contributed by atoms with Gasteiger partial charge in [-0.2, -0.15) is 0 Å². The van der Waals surface area contributed by atoms with Gasteiger partial charge in [-0.25, -0.2) is 0 Å². The summed E-state index contributed by atoms with van der Waals surface area (Å²) in [6.07, 6.45) is 1.52. The predicted octanol–water partition coefficient (Wildman–Crippen LogP) is 2.10. The van der Waals surface area contributed by atoms with E-state index in [0.717, 1.165) is 25.9 Å². The third-order valence-electron chi connectivity index (χ3n) is 4.00. The first-order valence-corrected chi connectivity index (χ1v) is 6.81. The fraction of sp³-hybridized carbons (Fsp3) is 0.600. The Morgan fingerprint density at radius 1 is 1.22 bits per heavy atom. The molecule has 1 heterocycles. The van der Waals surface area contributed by atoms with Crippen molar-refractivity contribution < 1.29 is 5.11 Å². The molecule has 2 rings (SSSR count). The monoisotopic (exact) mass is 248 g/mol. The first-order chi connectivity index (χ1) is 8.54. The van der Waals surface area contributed by atoms with Gasteiger partial charge in [-0.1, -0.05) is 26.0 Å². The summed E-state index contributed by atoms with van der Waals surface area (Å²) in [6, 6.07) is 8.76. The summed E-state index contributed by atoms with van der Waals surface area (Å²) in [5, 5.41) is 10.1. The smallest absolute Gasteiger partial charge is 0.0803 e. The molecule has 0 saturated carbocycles. The largest absolute Gasteiger partial charge is 0.388 e. The molecule has 3 N–H and O–H groups in total. The highest BCUT2D eigenvalue weighted by atomic mass is 16.3. The van der Waals surface area contributed by atoms with Crippen LogP contribution in [0, 0.1) is 0 Å². The van der Waals surface area contributed by atoms with E-state index in [-0.39, 0.29) is 0 Å². The molecule has 1 aromatic rings. The zero-order valence-corrected chi connectivity index (χ0v) is 11.4. The van der Waals surface area contributed by atoms with E-state index in [0.29, 0.717) is 12.5 Å². The number of nitrogens with zero attached hydrogens (tertiary/aromatic N) is 1. The molecular weight excluding hydrogens is 224 g/mol. The highest BCUT2D eigenvalue weighted by Gasteiger charge is 2.30. The predicted molar refractivity (Wildman–Crippen MR) is 76.0 cm³/mol. The first kappa shape index (κ1) is 13.4. The van der Waals surface area contributed by atoms with Crippen LogP contribution in [0.15, 0.2) is 24.3 Å². The maximum Gasteiger partial charge on any atom is 0.0803 e. The number of aliphatic hydroxyl groups is 1. The van der Waals surface area contributed by atoms with E-state index < -0.39 is 5.60 Å². The van der Waals surface area contributed by atoms with Gasteiger partial charge in [0.15, 0.2) is 0 Å². The van der Waals surface area contributed by atoms with Crippen LogP contribution >= 0.6 is 0 Å². The molecule has 0 radical (unpaired) electrons. The first-order valence-electron chi connectivity index (χ1n) is 6.81. The summed E-state index contributed by atoms with van der Waals surface area (Å²) in [4.78, 5) is 2.33. The van der Waals surface area contributed by atoms with E-state index >= 15 is 0 Å². The standard InChI is InChI=1S/C15H24N2O/c1-12(2)13-3-5-14(6-4-13)17-9-7-15(18,11-16)8-10-17/h3-6,12,18H,7-11,16H2,1-2H3. The third kappa shape index (κ3) is 2.85. The minimum atomic E-state index is -0.644. The Bertz CT molecular complexity index is 378. The molecule has 1 saturated heterocycles. The second-order valence-corrected chi connectivity index (χ2v) is 5.66. The molecule has 0 atom stereocenters. The topological polar surface area (TPSA) is 49.5 Å². The van der Waals surface area contributed by atoms with Gasteiger partial charge >= 0.3 is 0 Å². The van der Waals surface area contributed by atoms with Crippen molar-refractivity contribution in [1.82, 2.24) is 0 Å². The molecule has 0 bridgehead atoms. The molecule has 3 heteroatoms. The fourth-order valence-corrected chi connectivity index (χ4v) is 2.46. The van der Waals surface area contributed by atoms with Crippen LogP contribution in [-0.2, 0) is 0 Å². The fourth-order valence-electron chi connectivity index (χ4n) is 2.46. The van der Waals surface area contributed by atoms with Crippen molar-refractivity contribution in [3.63, 3.8) is 0 Å². The maximum atomic E-state index is 10.1. The van der Waals surface area contributed by atoms with Crippen molar-refractivity contribution in [2.45, 2.75) is 38.2 Å². The normalized spacial score (nSPS) is 19.3. The van der Waals surface area contributed by atoms with E-state index in [4.69, 9.17) is 5.73 Å². The maximum absolute atomic E-state index is 10.1. The number of hydrogen-bond donors (Lipinski definition) is 2. The quantitative estimate of drug-likeness (QED) is 0.861. The summed E-state index contributed by atoms with van der Waals surface area (Å²) >= 11 is 0. The molecule has 0 unspecified atom stereocenters. The van der Waals surface area contributed by atoms with Crippen molar-refractivity contribution >= 4 is 5.69 Å². The Kier molecular flexibility index (Phi) is 3.93. The van der Waals surface area contributed by atoms with Gasteiger partial charge in [0, 0.05) is 25.3 Å². The number of piperidine rings is 1. The van der Waals surface area contributed by atoms with Crippen molar-refractivity contribution in [3.8, 4) is 0 Å². The van der Waals surface area contributed by atoms with Crippen LogP contribution in [0.1, 0.15) is 38.2 Å². The van der Waals surface area contributed by atoms with Gasteiger partial charge in [-0.05, 0) is 36.5 Å². The van der Waals surface area contributed by atoms with E-state index in [2.05, 4.69) is 43.0 Å². The van der Waals surface area contributed by atoms with Gasteiger partial charge < -0.3 is 15.7 Å². The van der Waals surface area contributed by atoms with Crippen LogP contribution in [0.3, 0.4) is 0 Å². The molecule has 0 aliphatic carbocycles. The van der Waals surface area contributed by atoms with Crippen molar-refractivity contribution in [2.24, 2.45) is 5.73 Å². The van der Waals surface area contributed by atoms with Gasteiger partial charge in [0.2, 0.25) is 0 Å². The second kappa shape index (κ2) is 5.29. The van der Waals surface area contributed by atoms with Crippen LogP contribution in [0.4, 0.5) is 5.69 Å². The van der Waals surface area contributed by atoms with Gasteiger partial charge in [0.05, 0.1) is 5.60 Å². The van der Waals surface area contributed by atoms with E-state index in [1.165, 1.54) is 11.3 Å². The highest BCUT2D eigenvalue weighted by molar-refractivity contribution is 5.48. The minimum Gasteiger partial charge on any atom is -0.388 e. The summed E-state index contributed by atoms with van der Waals surface area (Å²) in [6.45, 7) is 6.55. The lowest BCUT2D eigenvalue weighted by Gasteiger charge is -2.38. The lowest BCUT2D eigenvalue weighted by atomic mass is 9.91. The van der Waals surface area contributed by atoms with Gasteiger partial charge in [-0.3, -0.25) is 0 Å². The van der Waals surface area contributed by atoms with Crippen LogP contribution in [0.5, 0.6) is 0 Å². The van der Waals surface area contributed by atoms with E-state index in [1.807, 2.05) is 0 Å². The molecule has 1 aliphatic heterocycles. The van der Waals surface area contributed by atoms with Crippen LogP contribution in [0.2, 0.25) is 0 Å². The molecule has 3 nitrogen and oxygen atoms in total. The average molecular weight is 248 g/mol. The zero-order chi connectivity index (χ0) is 13.2. The highest BCUT2D eigenvalue weighted by Crippen LogP contribution is 2.26. The molecule has 1 aromatic carbocycles. The molecular formula is C15H24N2O. The molecule has 100 valence electrons. The number of rotatable bonds is 3. The average Bonchev–Trinajstić information content (AvgIpc) is 2.40. The summed E-state index contributed by atoms with van der Waals surface area (Å²) in [5.74, 6) is 0.572. The van der Waals surface area contributed by atoms with Crippen molar-refractivity contribution in [3.05, 3.63) is 29.8 Å². The third-order valence-corrected chi connectivity index (χ3v) is 4.00. The molecule has 0 amide bonds. The van der Waals surface area contributed by atoms with Crippen molar-refractivity contribution in [1.29, 1.82) is 0 Å². The number of nitrogens with two attached hydrogens (primary N) is 1. The Hall–Kier alpha value is -1.06. The van der Waals surface area contributed by atoms with Crippen molar-refractivity contribution in [2.75, 3.05) is 24.5 Å². The van der Waals surface area contributed by atoms with Crippen LogP contribution < -0.4 is 10.6 Å². The molecule has 0 aromatic heterocycles. The number of anilines is 1. The Balaban J connectivity index is 2.01. The number of benzene rings is 1. The number of hydrogen-bond acceptors (Lipinski definition) is 3.